The van der Waals surface area contributed by atoms with Gasteiger partial charge in [0, 0.05) is 18.7 Å². The second-order valence-corrected chi connectivity index (χ2v) is 10.1. The van der Waals surface area contributed by atoms with Crippen molar-refractivity contribution >= 4 is 33.0 Å². The zero-order valence-corrected chi connectivity index (χ0v) is 18.1. The minimum Gasteiger partial charge on any atom is -0.376 e. The van der Waals surface area contributed by atoms with Gasteiger partial charge in [0.2, 0.25) is 5.91 Å². The Balaban J connectivity index is 1.39. The van der Waals surface area contributed by atoms with Gasteiger partial charge in [-0.1, -0.05) is 12.1 Å². The van der Waals surface area contributed by atoms with E-state index in [0.717, 1.165) is 12.8 Å². The number of carbonyl (C=O) groups excluding carboxylic acids is 2. The maximum atomic E-state index is 13.0. The average Bonchev–Trinajstić information content (AvgIpc) is 3.27. The first kappa shape index (κ1) is 22.2. The minimum absolute atomic E-state index is 0.0237. The number of amides is 2. The summed E-state index contributed by atoms with van der Waals surface area (Å²) in [7, 11) is -3.64. The van der Waals surface area contributed by atoms with Crippen molar-refractivity contribution in [2.45, 2.75) is 30.7 Å². The van der Waals surface area contributed by atoms with E-state index in [1.165, 1.54) is 24.3 Å². The van der Waals surface area contributed by atoms with Gasteiger partial charge >= 0.3 is 0 Å². The highest BCUT2D eigenvalue weighted by Crippen LogP contribution is 2.28. The van der Waals surface area contributed by atoms with Crippen LogP contribution in [0, 0.1) is 5.82 Å². The molecule has 8 nitrogen and oxygen atoms in total. The standard InChI is InChI=1S/C22H24FN3O5S/c23-16-6-3-14(4-7-16)12-32(29,30)13-20-22(28)26-19-10-15(5-8-18(19)25-20)21(27)24-11-17-2-1-9-31-17/h3-8,10,17,20,25H,1-2,9,11-13H2,(H,24,27)(H,26,28). The minimum atomic E-state index is -3.64. The van der Waals surface area contributed by atoms with Gasteiger partial charge in [0.25, 0.3) is 5.91 Å². The van der Waals surface area contributed by atoms with Crippen LogP contribution in [0.2, 0.25) is 0 Å². The smallest absolute Gasteiger partial charge is 0.251 e. The fourth-order valence-electron chi connectivity index (χ4n) is 3.77. The van der Waals surface area contributed by atoms with E-state index in [1.807, 2.05) is 0 Å². The Labute approximate surface area is 185 Å². The summed E-state index contributed by atoms with van der Waals surface area (Å²) in [6, 6.07) is 9.01. The van der Waals surface area contributed by atoms with Crippen LogP contribution >= 0.6 is 0 Å². The van der Waals surface area contributed by atoms with E-state index in [0.29, 0.717) is 35.7 Å². The Morgan fingerprint density at radius 2 is 1.94 bits per heavy atom. The molecule has 2 unspecified atom stereocenters. The predicted molar refractivity (Wildman–Crippen MR) is 118 cm³/mol. The molecule has 1 fully saturated rings. The van der Waals surface area contributed by atoms with Gasteiger partial charge in [0.15, 0.2) is 9.84 Å². The van der Waals surface area contributed by atoms with Crippen LogP contribution < -0.4 is 16.0 Å². The molecule has 2 aliphatic rings. The number of carbonyl (C=O) groups is 2. The van der Waals surface area contributed by atoms with Crippen molar-refractivity contribution in [3.8, 4) is 0 Å². The molecular weight excluding hydrogens is 437 g/mol. The van der Waals surface area contributed by atoms with E-state index in [9.17, 15) is 22.4 Å². The normalized spacial score (nSPS) is 20.2. The van der Waals surface area contributed by atoms with Crippen LogP contribution in [-0.4, -0.2) is 51.3 Å². The van der Waals surface area contributed by atoms with Crippen molar-refractivity contribution in [2.75, 3.05) is 29.5 Å². The first-order chi connectivity index (χ1) is 15.3. The van der Waals surface area contributed by atoms with Crippen molar-refractivity contribution in [3.63, 3.8) is 0 Å². The van der Waals surface area contributed by atoms with Gasteiger partial charge < -0.3 is 20.7 Å². The van der Waals surface area contributed by atoms with Crippen LogP contribution in [0.25, 0.3) is 0 Å². The summed E-state index contributed by atoms with van der Waals surface area (Å²) in [5.41, 5.74) is 1.77. The Bertz CT molecular complexity index is 1110. The third-order valence-electron chi connectivity index (χ3n) is 5.42. The summed E-state index contributed by atoms with van der Waals surface area (Å²) in [5.74, 6) is -1.94. The molecule has 2 amide bonds. The molecule has 4 rings (SSSR count). The number of halogens is 1. The number of rotatable bonds is 7. The molecule has 1 saturated heterocycles. The van der Waals surface area contributed by atoms with Crippen molar-refractivity contribution in [1.29, 1.82) is 0 Å². The first-order valence-corrected chi connectivity index (χ1v) is 12.2. The fraction of sp³-hybridized carbons (Fsp3) is 0.364. The summed E-state index contributed by atoms with van der Waals surface area (Å²) in [4.78, 5) is 24.9. The van der Waals surface area contributed by atoms with Crippen molar-refractivity contribution in [1.82, 2.24) is 5.32 Å². The number of nitrogens with one attached hydrogen (secondary N) is 3. The zero-order chi connectivity index (χ0) is 22.7. The molecule has 0 bridgehead atoms. The lowest BCUT2D eigenvalue weighted by atomic mass is 10.1. The van der Waals surface area contributed by atoms with E-state index >= 15 is 0 Å². The molecule has 32 heavy (non-hydrogen) atoms. The lowest BCUT2D eigenvalue weighted by Gasteiger charge is -2.27. The van der Waals surface area contributed by atoms with E-state index < -0.39 is 33.4 Å². The van der Waals surface area contributed by atoms with Gasteiger partial charge in [0.1, 0.15) is 11.9 Å². The Hall–Kier alpha value is -2.98. The fourth-order valence-corrected chi connectivity index (χ4v) is 5.33. The number of ether oxygens (including phenoxy) is 1. The second kappa shape index (κ2) is 9.25. The third-order valence-corrected chi connectivity index (χ3v) is 7.03. The number of sulfone groups is 1. The topological polar surface area (TPSA) is 114 Å². The van der Waals surface area contributed by atoms with Gasteiger partial charge in [-0.05, 0) is 48.7 Å². The van der Waals surface area contributed by atoms with Gasteiger partial charge in [0.05, 0.1) is 29.0 Å². The van der Waals surface area contributed by atoms with Crippen LogP contribution in [0.4, 0.5) is 15.8 Å². The molecule has 10 heteroatoms. The highest BCUT2D eigenvalue weighted by Gasteiger charge is 2.30. The summed E-state index contributed by atoms with van der Waals surface area (Å²) in [5, 5.41) is 8.44. The van der Waals surface area contributed by atoms with Crippen LogP contribution in [0.5, 0.6) is 0 Å². The largest absolute Gasteiger partial charge is 0.376 e. The molecule has 3 N–H and O–H groups in total. The number of benzene rings is 2. The summed E-state index contributed by atoms with van der Waals surface area (Å²) < 4.78 is 43.6. The van der Waals surface area contributed by atoms with E-state index in [4.69, 9.17) is 4.74 Å². The lowest BCUT2D eigenvalue weighted by Crippen LogP contribution is -2.43. The molecule has 2 aromatic rings. The zero-order valence-electron chi connectivity index (χ0n) is 17.3. The quantitative estimate of drug-likeness (QED) is 0.582. The molecule has 0 aliphatic carbocycles. The highest BCUT2D eigenvalue weighted by atomic mass is 32.2. The first-order valence-electron chi connectivity index (χ1n) is 10.4. The molecule has 170 valence electrons. The third kappa shape index (κ3) is 5.43. The van der Waals surface area contributed by atoms with Gasteiger partial charge in [-0.3, -0.25) is 9.59 Å². The molecule has 2 atom stereocenters. The van der Waals surface area contributed by atoms with Crippen molar-refractivity contribution in [2.24, 2.45) is 0 Å². The highest BCUT2D eigenvalue weighted by molar-refractivity contribution is 7.90. The molecule has 0 aromatic heterocycles. The van der Waals surface area contributed by atoms with Crippen molar-refractivity contribution in [3.05, 3.63) is 59.4 Å². The average molecular weight is 462 g/mol. The van der Waals surface area contributed by atoms with Gasteiger partial charge in [-0.25, -0.2) is 12.8 Å². The maximum Gasteiger partial charge on any atom is 0.251 e. The Kier molecular flexibility index (Phi) is 6.43. The van der Waals surface area contributed by atoms with E-state index in [-0.39, 0.29) is 17.8 Å². The lowest BCUT2D eigenvalue weighted by molar-refractivity contribution is -0.116. The molecule has 2 aliphatic heterocycles. The predicted octanol–water partition coefficient (Wildman–Crippen LogP) is 2.08. The monoisotopic (exact) mass is 461 g/mol. The maximum absolute atomic E-state index is 13.0. The molecule has 2 heterocycles. The number of hydrogen-bond donors (Lipinski definition) is 3. The molecular formula is C22H24FN3O5S. The Morgan fingerprint density at radius 3 is 2.66 bits per heavy atom. The van der Waals surface area contributed by atoms with Crippen LogP contribution in [0.3, 0.4) is 0 Å². The second-order valence-electron chi connectivity index (χ2n) is 7.97. The summed E-state index contributed by atoms with van der Waals surface area (Å²) in [6.07, 6.45) is 1.92. The van der Waals surface area contributed by atoms with Crippen molar-refractivity contribution < 1.29 is 27.1 Å². The number of anilines is 2. The number of hydrogen-bond acceptors (Lipinski definition) is 6. The van der Waals surface area contributed by atoms with Gasteiger partial charge in [-0.15, -0.1) is 0 Å². The van der Waals surface area contributed by atoms with E-state index in [1.54, 1.807) is 18.2 Å². The van der Waals surface area contributed by atoms with Crippen LogP contribution in [0.1, 0.15) is 28.8 Å². The van der Waals surface area contributed by atoms with E-state index in [2.05, 4.69) is 16.0 Å². The number of fused-ring (bicyclic) bond motifs is 1. The molecule has 0 radical (unpaired) electrons. The summed E-state index contributed by atoms with van der Waals surface area (Å²) in [6.45, 7) is 1.13. The van der Waals surface area contributed by atoms with Crippen LogP contribution in [0.15, 0.2) is 42.5 Å². The summed E-state index contributed by atoms with van der Waals surface area (Å²) >= 11 is 0. The molecule has 2 aromatic carbocycles. The van der Waals surface area contributed by atoms with Crippen LogP contribution in [-0.2, 0) is 25.1 Å². The SMILES string of the molecule is O=C(NCC1CCCO1)c1ccc2c(c1)NC(=O)C(CS(=O)(=O)Cc1ccc(F)cc1)N2. The Morgan fingerprint density at radius 1 is 1.16 bits per heavy atom. The molecule has 0 spiro atoms. The molecule has 0 saturated carbocycles. The van der Waals surface area contributed by atoms with Gasteiger partial charge in [-0.2, -0.15) is 0 Å².